The van der Waals surface area contributed by atoms with Crippen molar-refractivity contribution in [1.29, 1.82) is 0 Å². The highest BCUT2D eigenvalue weighted by atomic mass is 15.0. The summed E-state index contributed by atoms with van der Waals surface area (Å²) in [4.78, 5) is 4.69. The normalized spacial score (nSPS) is 31.1. The first-order valence-electron chi connectivity index (χ1n) is 5.78. The first-order chi connectivity index (χ1) is 6.44. The van der Waals surface area contributed by atoms with Gasteiger partial charge in [0.25, 0.3) is 0 Å². The molecule has 2 aliphatic rings. The maximum atomic E-state index is 5.99. The van der Waals surface area contributed by atoms with Crippen molar-refractivity contribution in [3.05, 3.63) is 0 Å². The zero-order valence-electron chi connectivity index (χ0n) is 9.64. The van der Waals surface area contributed by atoms with E-state index in [2.05, 4.69) is 25.8 Å². The molecular formula is C12H22N2. The quantitative estimate of drug-likeness (QED) is 0.506. The van der Waals surface area contributed by atoms with Gasteiger partial charge in [0, 0.05) is 5.41 Å². The summed E-state index contributed by atoms with van der Waals surface area (Å²) >= 11 is 0. The molecule has 0 aromatic rings. The largest absolute Gasteiger partial charge is 0.387 e. The van der Waals surface area contributed by atoms with Crippen LogP contribution in [0.25, 0.3) is 0 Å². The van der Waals surface area contributed by atoms with Crippen LogP contribution in [0, 0.1) is 10.8 Å². The van der Waals surface area contributed by atoms with Crippen LogP contribution in [-0.2, 0) is 0 Å². The van der Waals surface area contributed by atoms with Crippen LogP contribution in [0.3, 0.4) is 0 Å². The Kier molecular flexibility index (Phi) is 2.13. The van der Waals surface area contributed by atoms with Gasteiger partial charge in [-0.2, -0.15) is 0 Å². The maximum Gasteiger partial charge on any atom is 0.0995 e. The zero-order valence-corrected chi connectivity index (χ0v) is 9.64. The number of nitrogens with zero attached hydrogens (tertiary/aromatic N) is 1. The Morgan fingerprint density at radius 1 is 1.29 bits per heavy atom. The lowest BCUT2D eigenvalue weighted by Gasteiger charge is -2.18. The number of rotatable bonds is 1. The fraction of sp³-hybridized carbons (Fsp3) is 0.917. The summed E-state index contributed by atoms with van der Waals surface area (Å²) < 4.78 is 0. The van der Waals surface area contributed by atoms with Crippen LogP contribution in [0.15, 0.2) is 4.99 Å². The Hall–Kier alpha value is -0.530. The van der Waals surface area contributed by atoms with Gasteiger partial charge in [-0.15, -0.1) is 0 Å². The standard InChI is InChI=1S/C12H22N2/c1-11(2,3)10(13)14-9-8-12(9)6-4-5-7-12/h9H,4-8H2,1-3H3,(H2,13,14). The van der Waals surface area contributed by atoms with Crippen molar-refractivity contribution < 1.29 is 0 Å². The topological polar surface area (TPSA) is 38.4 Å². The van der Waals surface area contributed by atoms with E-state index in [0.717, 1.165) is 5.84 Å². The summed E-state index contributed by atoms with van der Waals surface area (Å²) in [6.45, 7) is 6.40. The van der Waals surface area contributed by atoms with Gasteiger partial charge in [-0.05, 0) is 24.7 Å². The third-order valence-corrected chi connectivity index (χ3v) is 3.81. The third kappa shape index (κ3) is 1.67. The summed E-state index contributed by atoms with van der Waals surface area (Å²) in [5.74, 6) is 0.839. The molecule has 1 spiro atoms. The number of amidine groups is 1. The molecule has 80 valence electrons. The average Bonchev–Trinajstić information content (AvgIpc) is 2.53. The molecule has 2 saturated carbocycles. The van der Waals surface area contributed by atoms with Crippen molar-refractivity contribution in [2.75, 3.05) is 0 Å². The number of hydrogen-bond acceptors (Lipinski definition) is 1. The summed E-state index contributed by atoms with van der Waals surface area (Å²) in [5, 5.41) is 0. The van der Waals surface area contributed by atoms with Gasteiger partial charge in [-0.1, -0.05) is 33.6 Å². The summed E-state index contributed by atoms with van der Waals surface area (Å²) in [7, 11) is 0. The van der Waals surface area contributed by atoms with E-state index < -0.39 is 0 Å². The van der Waals surface area contributed by atoms with E-state index in [-0.39, 0.29) is 5.41 Å². The van der Waals surface area contributed by atoms with Gasteiger partial charge < -0.3 is 5.73 Å². The molecule has 2 rings (SSSR count). The van der Waals surface area contributed by atoms with Gasteiger partial charge in [-0.25, -0.2) is 0 Å². The van der Waals surface area contributed by atoms with Gasteiger partial charge >= 0.3 is 0 Å². The molecule has 0 aliphatic heterocycles. The first kappa shape index (κ1) is 10.0. The van der Waals surface area contributed by atoms with Crippen LogP contribution in [0.4, 0.5) is 0 Å². The molecule has 14 heavy (non-hydrogen) atoms. The monoisotopic (exact) mass is 194 g/mol. The number of nitrogens with two attached hydrogens (primary N) is 1. The minimum absolute atomic E-state index is 0.0440. The minimum Gasteiger partial charge on any atom is -0.387 e. The molecule has 2 aliphatic carbocycles. The SMILES string of the molecule is CC(C)(C)C(N)=NC1CC12CCCC2. The van der Waals surface area contributed by atoms with Crippen molar-refractivity contribution in [2.45, 2.75) is 58.9 Å². The molecular weight excluding hydrogens is 172 g/mol. The number of hydrogen-bond donors (Lipinski definition) is 1. The van der Waals surface area contributed by atoms with Crippen LogP contribution in [0.2, 0.25) is 0 Å². The van der Waals surface area contributed by atoms with Crippen molar-refractivity contribution in [3.8, 4) is 0 Å². The predicted octanol–water partition coefficient (Wildman–Crippen LogP) is 2.72. The molecule has 0 amide bonds. The van der Waals surface area contributed by atoms with E-state index in [0.29, 0.717) is 11.5 Å². The second-order valence-electron chi connectivity index (χ2n) is 6.05. The van der Waals surface area contributed by atoms with E-state index in [1.54, 1.807) is 0 Å². The minimum atomic E-state index is 0.0440. The lowest BCUT2D eigenvalue weighted by atomic mass is 9.95. The third-order valence-electron chi connectivity index (χ3n) is 3.81. The molecule has 1 atom stereocenters. The van der Waals surface area contributed by atoms with Gasteiger partial charge in [0.15, 0.2) is 0 Å². The number of aliphatic imine (C=N–C) groups is 1. The molecule has 0 aromatic heterocycles. The Balaban J connectivity index is 2.00. The van der Waals surface area contributed by atoms with Crippen molar-refractivity contribution in [2.24, 2.45) is 21.6 Å². The fourth-order valence-corrected chi connectivity index (χ4v) is 2.49. The Morgan fingerprint density at radius 3 is 2.36 bits per heavy atom. The van der Waals surface area contributed by atoms with E-state index >= 15 is 0 Å². The Labute approximate surface area is 87.0 Å². The fourth-order valence-electron chi connectivity index (χ4n) is 2.49. The second kappa shape index (κ2) is 2.98. The summed E-state index contributed by atoms with van der Waals surface area (Å²) in [6.07, 6.45) is 6.88. The maximum absolute atomic E-state index is 5.99. The molecule has 0 saturated heterocycles. The van der Waals surface area contributed by atoms with Crippen molar-refractivity contribution >= 4 is 5.84 Å². The Morgan fingerprint density at radius 2 is 1.86 bits per heavy atom. The van der Waals surface area contributed by atoms with E-state index in [1.807, 2.05) is 0 Å². The Bertz CT molecular complexity index is 254. The van der Waals surface area contributed by atoms with E-state index in [1.165, 1.54) is 32.1 Å². The average molecular weight is 194 g/mol. The highest BCUT2D eigenvalue weighted by Crippen LogP contribution is 2.59. The summed E-state index contributed by atoms with van der Waals surface area (Å²) in [6, 6.07) is 0.559. The first-order valence-corrected chi connectivity index (χ1v) is 5.78. The molecule has 0 bridgehead atoms. The lowest BCUT2D eigenvalue weighted by Crippen LogP contribution is -2.29. The van der Waals surface area contributed by atoms with Crippen molar-refractivity contribution in [1.82, 2.24) is 0 Å². The molecule has 0 heterocycles. The molecule has 2 heteroatoms. The predicted molar refractivity (Wildman–Crippen MR) is 60.4 cm³/mol. The smallest absolute Gasteiger partial charge is 0.0995 e. The van der Waals surface area contributed by atoms with Gasteiger partial charge in [0.2, 0.25) is 0 Å². The van der Waals surface area contributed by atoms with Crippen molar-refractivity contribution in [3.63, 3.8) is 0 Å². The molecule has 0 radical (unpaired) electrons. The molecule has 2 N–H and O–H groups in total. The zero-order chi connectivity index (χ0) is 10.4. The van der Waals surface area contributed by atoms with E-state index in [4.69, 9.17) is 5.73 Å². The lowest BCUT2D eigenvalue weighted by molar-refractivity contribution is 0.506. The van der Waals surface area contributed by atoms with Gasteiger partial charge in [0.05, 0.1) is 11.9 Å². The van der Waals surface area contributed by atoms with Crippen LogP contribution < -0.4 is 5.73 Å². The molecule has 1 unspecified atom stereocenters. The highest BCUT2D eigenvalue weighted by molar-refractivity contribution is 5.85. The highest BCUT2D eigenvalue weighted by Gasteiger charge is 2.55. The molecule has 0 aromatic carbocycles. The molecule has 2 fully saturated rings. The molecule has 2 nitrogen and oxygen atoms in total. The van der Waals surface area contributed by atoms with Gasteiger partial charge in [0.1, 0.15) is 0 Å². The van der Waals surface area contributed by atoms with E-state index in [9.17, 15) is 0 Å². The second-order valence-corrected chi connectivity index (χ2v) is 6.05. The van der Waals surface area contributed by atoms with Crippen LogP contribution in [0.5, 0.6) is 0 Å². The van der Waals surface area contributed by atoms with Crippen LogP contribution >= 0.6 is 0 Å². The van der Waals surface area contributed by atoms with Crippen LogP contribution in [-0.4, -0.2) is 11.9 Å². The van der Waals surface area contributed by atoms with Gasteiger partial charge in [-0.3, -0.25) is 4.99 Å². The van der Waals surface area contributed by atoms with Crippen LogP contribution in [0.1, 0.15) is 52.9 Å². The summed E-state index contributed by atoms with van der Waals surface area (Å²) in [5.41, 5.74) is 6.63.